The summed E-state index contributed by atoms with van der Waals surface area (Å²) in [5.41, 5.74) is 1.63. The Morgan fingerprint density at radius 2 is 2.15 bits per heavy atom. The molecule has 0 unspecified atom stereocenters. The SMILES string of the molecule is CCSc1nc2n(n1)[C@H](c1ccccc1Cl)[C@H]1C(=O)CC(C)(C)C=C1N2. The zero-order valence-corrected chi connectivity index (χ0v) is 16.6. The van der Waals surface area contributed by atoms with Crippen LogP contribution in [0, 0.1) is 11.3 Å². The van der Waals surface area contributed by atoms with Crippen LogP contribution in [0.2, 0.25) is 5.02 Å². The number of carbonyl (C=O) groups excluding carboxylic acids is 1. The molecule has 0 saturated heterocycles. The van der Waals surface area contributed by atoms with E-state index in [9.17, 15) is 4.79 Å². The number of carbonyl (C=O) groups is 1. The number of anilines is 1. The number of Topliss-reactive ketones (excluding diaryl/α,β-unsaturated/α-hetero) is 1. The molecule has 5 nitrogen and oxygen atoms in total. The van der Waals surface area contributed by atoms with Crippen LogP contribution in [0.4, 0.5) is 5.95 Å². The lowest BCUT2D eigenvalue weighted by molar-refractivity contribution is -0.125. The summed E-state index contributed by atoms with van der Waals surface area (Å²) in [6.45, 7) is 6.23. The normalized spacial score (nSPS) is 23.7. The maximum absolute atomic E-state index is 13.1. The fraction of sp³-hybridized carbons (Fsp3) is 0.421. The topological polar surface area (TPSA) is 59.8 Å². The molecule has 0 amide bonds. The number of allylic oxidation sites excluding steroid dienone is 2. The largest absolute Gasteiger partial charge is 0.328 e. The maximum Gasteiger partial charge on any atom is 0.227 e. The Labute approximate surface area is 162 Å². The zero-order valence-electron chi connectivity index (χ0n) is 15.0. The highest BCUT2D eigenvalue weighted by molar-refractivity contribution is 7.99. The molecular weight excluding hydrogens is 368 g/mol. The predicted octanol–water partition coefficient (Wildman–Crippen LogP) is 4.56. The van der Waals surface area contributed by atoms with Crippen LogP contribution in [0.25, 0.3) is 0 Å². The van der Waals surface area contributed by atoms with Crippen molar-refractivity contribution < 1.29 is 4.79 Å². The Hall–Kier alpha value is -1.79. The highest BCUT2D eigenvalue weighted by Gasteiger charge is 2.45. The van der Waals surface area contributed by atoms with Gasteiger partial charge in [-0.25, -0.2) is 4.68 Å². The van der Waals surface area contributed by atoms with E-state index in [4.69, 9.17) is 11.6 Å². The summed E-state index contributed by atoms with van der Waals surface area (Å²) in [7, 11) is 0. The lowest BCUT2D eigenvalue weighted by atomic mass is 9.72. The summed E-state index contributed by atoms with van der Waals surface area (Å²) in [6, 6.07) is 7.39. The Balaban J connectivity index is 1.91. The van der Waals surface area contributed by atoms with Crippen LogP contribution in [-0.2, 0) is 4.79 Å². The number of aromatic nitrogens is 3. The van der Waals surface area contributed by atoms with Gasteiger partial charge >= 0.3 is 0 Å². The summed E-state index contributed by atoms with van der Waals surface area (Å²) < 4.78 is 1.83. The number of benzene rings is 1. The van der Waals surface area contributed by atoms with Crippen molar-refractivity contribution in [1.29, 1.82) is 0 Å². The maximum atomic E-state index is 13.1. The molecule has 2 aromatic rings. The second-order valence-corrected chi connectivity index (χ2v) is 9.03. The molecule has 2 atom stereocenters. The molecule has 0 fully saturated rings. The fourth-order valence-electron chi connectivity index (χ4n) is 3.82. The average molecular weight is 389 g/mol. The summed E-state index contributed by atoms with van der Waals surface area (Å²) in [4.78, 5) is 17.7. The monoisotopic (exact) mass is 388 g/mol. The molecule has 0 saturated carbocycles. The number of ketones is 1. The first kappa shape index (κ1) is 17.6. The van der Waals surface area contributed by atoms with Crippen molar-refractivity contribution in [3.63, 3.8) is 0 Å². The number of halogens is 1. The molecule has 1 aliphatic carbocycles. The number of thioether (sulfide) groups is 1. The van der Waals surface area contributed by atoms with Gasteiger partial charge in [0.15, 0.2) is 0 Å². The first-order valence-corrected chi connectivity index (χ1v) is 10.1. The van der Waals surface area contributed by atoms with Gasteiger partial charge < -0.3 is 5.32 Å². The molecule has 1 aromatic heterocycles. The molecule has 1 aliphatic heterocycles. The van der Waals surface area contributed by atoms with Crippen LogP contribution in [0.1, 0.15) is 38.8 Å². The van der Waals surface area contributed by atoms with Crippen LogP contribution < -0.4 is 5.32 Å². The number of nitrogens with one attached hydrogen (secondary N) is 1. The van der Waals surface area contributed by atoms with Gasteiger partial charge in [0, 0.05) is 17.1 Å². The van der Waals surface area contributed by atoms with Gasteiger partial charge in [-0.05, 0) is 22.8 Å². The van der Waals surface area contributed by atoms with Crippen molar-refractivity contribution in [2.75, 3.05) is 11.1 Å². The van der Waals surface area contributed by atoms with Crippen LogP contribution in [0.15, 0.2) is 41.2 Å². The van der Waals surface area contributed by atoms with E-state index in [-0.39, 0.29) is 23.2 Å². The minimum atomic E-state index is -0.323. The molecule has 136 valence electrons. The minimum absolute atomic E-state index is 0.176. The summed E-state index contributed by atoms with van der Waals surface area (Å²) in [5, 5.41) is 9.37. The van der Waals surface area contributed by atoms with Gasteiger partial charge in [0.25, 0.3) is 0 Å². The average Bonchev–Trinajstić information content (AvgIpc) is 2.95. The van der Waals surface area contributed by atoms with E-state index in [0.29, 0.717) is 22.5 Å². The number of fused-ring (bicyclic) bond motifs is 2. The van der Waals surface area contributed by atoms with E-state index < -0.39 is 0 Å². The fourth-order valence-corrected chi connectivity index (χ4v) is 4.63. The molecule has 0 radical (unpaired) electrons. The molecular formula is C19H21ClN4OS. The molecule has 2 heterocycles. The molecule has 26 heavy (non-hydrogen) atoms. The zero-order chi connectivity index (χ0) is 18.5. The lowest BCUT2D eigenvalue weighted by Crippen LogP contribution is -2.42. The standard InChI is InChI=1S/C19H21ClN4OS/c1-4-26-18-22-17-21-13-9-19(2,3)10-14(25)15(13)16(24(17)23-18)11-7-5-6-8-12(11)20/h5-9,15-16H,4,10H2,1-3H3,(H,21,22,23)/t15-,16-/m1/s1. The first-order valence-electron chi connectivity index (χ1n) is 8.76. The predicted molar refractivity (Wildman–Crippen MR) is 105 cm³/mol. The second-order valence-electron chi connectivity index (χ2n) is 7.40. The van der Waals surface area contributed by atoms with Gasteiger partial charge in [-0.15, -0.1) is 5.10 Å². The van der Waals surface area contributed by atoms with Crippen LogP contribution in [-0.4, -0.2) is 26.3 Å². The quantitative estimate of drug-likeness (QED) is 0.781. The third-order valence-corrected chi connectivity index (χ3v) is 5.87. The van der Waals surface area contributed by atoms with Crippen LogP contribution in [0.5, 0.6) is 0 Å². The van der Waals surface area contributed by atoms with Gasteiger partial charge in [0.1, 0.15) is 5.78 Å². The van der Waals surface area contributed by atoms with Crippen molar-refractivity contribution in [1.82, 2.24) is 14.8 Å². The number of rotatable bonds is 3. The van der Waals surface area contributed by atoms with Crippen molar-refractivity contribution >= 4 is 35.1 Å². The summed E-state index contributed by atoms with van der Waals surface area (Å²) >= 11 is 8.09. The van der Waals surface area contributed by atoms with E-state index >= 15 is 0 Å². The van der Waals surface area contributed by atoms with Crippen molar-refractivity contribution in [3.05, 3.63) is 46.6 Å². The van der Waals surface area contributed by atoms with E-state index in [2.05, 4.69) is 42.2 Å². The molecule has 0 bridgehead atoms. The summed E-state index contributed by atoms with van der Waals surface area (Å²) in [5.74, 6) is 1.43. The Bertz CT molecular complexity index is 905. The van der Waals surface area contributed by atoms with Gasteiger partial charge in [-0.1, -0.05) is 68.4 Å². The van der Waals surface area contributed by atoms with Gasteiger partial charge in [0.05, 0.1) is 12.0 Å². The smallest absolute Gasteiger partial charge is 0.227 e. The highest BCUT2D eigenvalue weighted by Crippen LogP contribution is 2.46. The molecule has 1 aromatic carbocycles. The summed E-state index contributed by atoms with van der Waals surface area (Å²) in [6.07, 6.45) is 2.66. The highest BCUT2D eigenvalue weighted by atomic mass is 35.5. The van der Waals surface area contributed by atoms with Crippen molar-refractivity contribution in [2.24, 2.45) is 11.3 Å². The van der Waals surface area contributed by atoms with Gasteiger partial charge in [0.2, 0.25) is 11.1 Å². The van der Waals surface area contributed by atoms with Gasteiger partial charge in [-0.3, -0.25) is 4.79 Å². The van der Waals surface area contributed by atoms with Gasteiger partial charge in [-0.2, -0.15) is 4.98 Å². The van der Waals surface area contributed by atoms with Crippen molar-refractivity contribution in [3.8, 4) is 0 Å². The number of hydrogen-bond donors (Lipinski definition) is 1. The minimum Gasteiger partial charge on any atom is -0.328 e. The Morgan fingerprint density at radius 1 is 1.38 bits per heavy atom. The molecule has 4 rings (SSSR count). The van der Waals surface area contributed by atoms with Crippen molar-refractivity contribution in [2.45, 2.75) is 38.4 Å². The third kappa shape index (κ3) is 2.95. The molecule has 7 heteroatoms. The molecule has 0 spiro atoms. The second kappa shape index (κ2) is 6.43. The van der Waals surface area contributed by atoms with Crippen LogP contribution in [0.3, 0.4) is 0 Å². The van der Waals surface area contributed by atoms with E-state index in [0.717, 1.165) is 17.0 Å². The van der Waals surface area contributed by atoms with E-state index in [1.807, 2.05) is 28.9 Å². The molecule has 2 aliphatic rings. The number of hydrogen-bond acceptors (Lipinski definition) is 5. The molecule has 1 N–H and O–H groups in total. The lowest BCUT2D eigenvalue weighted by Gasteiger charge is -2.40. The van der Waals surface area contributed by atoms with E-state index in [1.165, 1.54) is 0 Å². The first-order chi connectivity index (χ1) is 12.4. The Morgan fingerprint density at radius 3 is 2.88 bits per heavy atom. The Kier molecular flexibility index (Phi) is 4.35. The number of nitrogens with zero attached hydrogens (tertiary/aromatic N) is 3. The van der Waals surface area contributed by atoms with Crippen LogP contribution >= 0.6 is 23.4 Å². The third-order valence-electron chi connectivity index (χ3n) is 4.80. The van der Waals surface area contributed by atoms with E-state index in [1.54, 1.807) is 11.8 Å².